The zero-order valence-corrected chi connectivity index (χ0v) is 14.3. The second-order valence-corrected chi connectivity index (χ2v) is 7.60. The molecule has 1 heterocycles. The number of carbonyl (C=O) groups excluding carboxylic acids is 1. The molecular weight excluding hydrogens is 347 g/mol. The number of benzene rings is 2. The lowest BCUT2D eigenvalue weighted by Crippen LogP contribution is -2.25. The van der Waals surface area contributed by atoms with E-state index in [2.05, 4.69) is 5.32 Å². The van der Waals surface area contributed by atoms with Crippen LogP contribution in [0.4, 0.5) is 15.8 Å². The van der Waals surface area contributed by atoms with Crippen molar-refractivity contribution >= 4 is 27.3 Å². The van der Waals surface area contributed by atoms with Gasteiger partial charge < -0.3 is 10.1 Å². The van der Waals surface area contributed by atoms with Gasteiger partial charge in [-0.2, -0.15) is 0 Å². The molecule has 0 saturated carbocycles. The zero-order valence-electron chi connectivity index (χ0n) is 13.5. The number of carbonyl (C=O) groups is 1. The third-order valence-corrected chi connectivity index (χ3v) is 5.80. The normalized spacial score (nSPS) is 15.8. The topological polar surface area (TPSA) is 75.7 Å². The number of ether oxygens (including phenoxy) is 1. The molecule has 0 bridgehead atoms. The first kappa shape index (κ1) is 17.2. The number of anilines is 2. The lowest BCUT2D eigenvalue weighted by Gasteiger charge is -2.19. The third kappa shape index (κ3) is 3.58. The van der Waals surface area contributed by atoms with Crippen LogP contribution < -0.4 is 14.4 Å². The van der Waals surface area contributed by atoms with Gasteiger partial charge in [-0.15, -0.1) is 0 Å². The Morgan fingerprint density at radius 1 is 1.20 bits per heavy atom. The minimum absolute atomic E-state index is 0.123. The fourth-order valence-corrected chi connectivity index (χ4v) is 4.22. The van der Waals surface area contributed by atoms with Crippen LogP contribution >= 0.6 is 0 Å². The van der Waals surface area contributed by atoms with Crippen molar-refractivity contribution in [2.45, 2.75) is 6.42 Å². The van der Waals surface area contributed by atoms with E-state index in [-0.39, 0.29) is 5.75 Å². The maximum Gasteiger partial charge on any atom is 0.255 e. The number of halogens is 1. The first-order chi connectivity index (χ1) is 11.9. The molecule has 1 amide bonds. The quantitative estimate of drug-likeness (QED) is 0.905. The van der Waals surface area contributed by atoms with Crippen LogP contribution in [-0.4, -0.2) is 33.7 Å². The molecule has 0 spiro atoms. The molecule has 1 fully saturated rings. The second-order valence-electron chi connectivity index (χ2n) is 5.59. The number of amides is 1. The van der Waals surface area contributed by atoms with Gasteiger partial charge in [0.15, 0.2) is 0 Å². The Morgan fingerprint density at radius 2 is 1.92 bits per heavy atom. The van der Waals surface area contributed by atoms with Crippen LogP contribution in [0.3, 0.4) is 0 Å². The van der Waals surface area contributed by atoms with Crippen LogP contribution in [0.5, 0.6) is 5.75 Å². The molecule has 0 radical (unpaired) electrons. The average Bonchev–Trinajstić information content (AvgIpc) is 2.95. The standard InChI is InChI=1S/C17H17FN2O4S/c1-24-16-11-14(20-9-2-10-25(20,22)23)7-8-15(16)19-17(21)12-3-5-13(18)6-4-12/h3-8,11H,2,9-10H2,1H3,(H,19,21). The number of nitrogens with one attached hydrogen (secondary N) is 1. The van der Waals surface area contributed by atoms with Crippen LogP contribution in [-0.2, 0) is 10.0 Å². The predicted molar refractivity (Wildman–Crippen MR) is 93.1 cm³/mol. The highest BCUT2D eigenvalue weighted by molar-refractivity contribution is 7.93. The summed E-state index contributed by atoms with van der Waals surface area (Å²) in [5.74, 6) is -0.376. The zero-order chi connectivity index (χ0) is 18.0. The van der Waals surface area contributed by atoms with Gasteiger partial charge in [0.1, 0.15) is 11.6 Å². The summed E-state index contributed by atoms with van der Waals surface area (Å²) in [7, 11) is -1.86. The first-order valence-corrected chi connectivity index (χ1v) is 9.27. The summed E-state index contributed by atoms with van der Waals surface area (Å²) in [4.78, 5) is 12.2. The van der Waals surface area contributed by atoms with E-state index >= 15 is 0 Å². The van der Waals surface area contributed by atoms with Gasteiger partial charge in [0.2, 0.25) is 10.0 Å². The number of methoxy groups -OCH3 is 1. The van der Waals surface area contributed by atoms with Crippen LogP contribution in [0.15, 0.2) is 42.5 Å². The maximum atomic E-state index is 12.9. The van der Waals surface area contributed by atoms with Crippen LogP contribution in [0, 0.1) is 5.82 Å². The monoisotopic (exact) mass is 364 g/mol. The fourth-order valence-electron chi connectivity index (χ4n) is 2.66. The lowest BCUT2D eigenvalue weighted by molar-refractivity contribution is 0.102. The molecule has 0 atom stereocenters. The van der Waals surface area contributed by atoms with Crippen molar-refractivity contribution < 1.29 is 22.3 Å². The predicted octanol–water partition coefficient (Wildman–Crippen LogP) is 2.63. The van der Waals surface area contributed by atoms with Crippen LogP contribution in [0.2, 0.25) is 0 Å². The highest BCUT2D eigenvalue weighted by Crippen LogP contribution is 2.33. The van der Waals surface area contributed by atoms with Gasteiger partial charge in [0, 0.05) is 18.2 Å². The Morgan fingerprint density at radius 3 is 2.52 bits per heavy atom. The van der Waals surface area contributed by atoms with E-state index in [1.807, 2.05) is 0 Å². The van der Waals surface area contributed by atoms with E-state index < -0.39 is 21.7 Å². The minimum atomic E-state index is -3.29. The summed E-state index contributed by atoms with van der Waals surface area (Å²) in [5, 5.41) is 2.68. The van der Waals surface area contributed by atoms with Gasteiger partial charge in [-0.25, -0.2) is 12.8 Å². The summed E-state index contributed by atoms with van der Waals surface area (Å²) < 4.78 is 43.6. The summed E-state index contributed by atoms with van der Waals surface area (Å²) in [6.45, 7) is 0.423. The Bertz CT molecular complexity index is 897. The Labute approximate surface area is 145 Å². The molecule has 0 aromatic heterocycles. The van der Waals surface area contributed by atoms with Crippen molar-refractivity contribution in [1.82, 2.24) is 0 Å². The second kappa shape index (κ2) is 6.72. The molecule has 3 rings (SSSR count). The molecule has 132 valence electrons. The Balaban J connectivity index is 1.85. The van der Waals surface area contributed by atoms with E-state index in [1.165, 1.54) is 35.7 Å². The summed E-state index contributed by atoms with van der Waals surface area (Å²) >= 11 is 0. The summed E-state index contributed by atoms with van der Waals surface area (Å²) in [5.41, 5.74) is 1.20. The van der Waals surface area contributed by atoms with Crippen molar-refractivity contribution in [2.24, 2.45) is 0 Å². The van der Waals surface area contributed by atoms with E-state index in [9.17, 15) is 17.6 Å². The van der Waals surface area contributed by atoms with Crippen molar-refractivity contribution in [1.29, 1.82) is 0 Å². The number of hydrogen-bond acceptors (Lipinski definition) is 4. The molecule has 1 aliphatic heterocycles. The number of nitrogens with zero attached hydrogens (tertiary/aromatic N) is 1. The average molecular weight is 364 g/mol. The lowest BCUT2D eigenvalue weighted by atomic mass is 10.2. The smallest absolute Gasteiger partial charge is 0.255 e. The molecule has 8 heteroatoms. The molecule has 0 aliphatic carbocycles. The first-order valence-electron chi connectivity index (χ1n) is 7.66. The van der Waals surface area contributed by atoms with Crippen molar-refractivity contribution in [3.8, 4) is 5.75 Å². The molecular formula is C17H17FN2O4S. The van der Waals surface area contributed by atoms with Crippen LogP contribution in [0.1, 0.15) is 16.8 Å². The Hall–Kier alpha value is -2.61. The van der Waals surface area contributed by atoms with Gasteiger partial charge >= 0.3 is 0 Å². The summed E-state index contributed by atoms with van der Waals surface area (Å²) in [6.07, 6.45) is 0.577. The van der Waals surface area contributed by atoms with E-state index in [0.717, 1.165) is 0 Å². The largest absolute Gasteiger partial charge is 0.494 e. The number of hydrogen-bond donors (Lipinski definition) is 1. The molecule has 2 aromatic carbocycles. The number of sulfonamides is 1. The van der Waals surface area contributed by atoms with Crippen molar-refractivity contribution in [2.75, 3.05) is 29.0 Å². The van der Waals surface area contributed by atoms with E-state index in [4.69, 9.17) is 4.74 Å². The van der Waals surface area contributed by atoms with Gasteiger partial charge in [0.25, 0.3) is 5.91 Å². The van der Waals surface area contributed by atoms with E-state index in [1.54, 1.807) is 18.2 Å². The van der Waals surface area contributed by atoms with Gasteiger partial charge in [0.05, 0.1) is 24.2 Å². The Kier molecular flexibility index (Phi) is 4.63. The molecule has 6 nitrogen and oxygen atoms in total. The van der Waals surface area contributed by atoms with Crippen molar-refractivity contribution in [3.05, 3.63) is 53.8 Å². The highest BCUT2D eigenvalue weighted by Gasteiger charge is 2.29. The molecule has 1 saturated heterocycles. The molecule has 1 N–H and O–H groups in total. The maximum absolute atomic E-state index is 12.9. The fraction of sp³-hybridized carbons (Fsp3) is 0.235. The third-order valence-electron chi connectivity index (χ3n) is 3.93. The molecule has 25 heavy (non-hydrogen) atoms. The van der Waals surface area contributed by atoms with Crippen LogP contribution in [0.25, 0.3) is 0 Å². The molecule has 0 unspecified atom stereocenters. The molecule has 1 aliphatic rings. The minimum Gasteiger partial charge on any atom is -0.494 e. The SMILES string of the molecule is COc1cc(N2CCCS2(=O)=O)ccc1NC(=O)c1ccc(F)cc1. The van der Waals surface area contributed by atoms with E-state index in [0.29, 0.717) is 35.7 Å². The highest BCUT2D eigenvalue weighted by atomic mass is 32.2. The molecule has 2 aromatic rings. The van der Waals surface area contributed by atoms with Crippen molar-refractivity contribution in [3.63, 3.8) is 0 Å². The van der Waals surface area contributed by atoms with Gasteiger partial charge in [-0.3, -0.25) is 9.10 Å². The van der Waals surface area contributed by atoms with Gasteiger partial charge in [-0.05, 0) is 42.8 Å². The van der Waals surface area contributed by atoms with Gasteiger partial charge in [-0.1, -0.05) is 0 Å². The summed E-state index contributed by atoms with van der Waals surface area (Å²) in [6, 6.07) is 9.93. The number of rotatable bonds is 4.